The fraction of sp³-hybridized carbons (Fsp3) is 0.192. The highest BCUT2D eigenvalue weighted by Crippen LogP contribution is 2.20. The molecule has 1 fully saturated rings. The van der Waals surface area contributed by atoms with Crippen LogP contribution in [0.4, 0.5) is 0 Å². The number of benzene rings is 2. The van der Waals surface area contributed by atoms with Crippen LogP contribution in [0, 0.1) is 5.92 Å². The number of furan rings is 1. The molecule has 0 radical (unpaired) electrons. The van der Waals surface area contributed by atoms with Crippen molar-refractivity contribution in [3.05, 3.63) is 94.8 Å². The Morgan fingerprint density at radius 1 is 0.861 bits per heavy atom. The molecular formula is C26H23N5O5. The first-order chi connectivity index (χ1) is 17.5. The van der Waals surface area contributed by atoms with Gasteiger partial charge in [-0.25, -0.2) is 0 Å². The Hall–Kier alpha value is -4.73. The number of piperidine rings is 1. The van der Waals surface area contributed by atoms with Crippen LogP contribution < -0.4 is 16.4 Å². The molecule has 10 heteroatoms. The van der Waals surface area contributed by atoms with Gasteiger partial charge in [-0.05, 0) is 43.2 Å². The minimum Gasteiger partial charge on any atom is -0.459 e. The molecule has 36 heavy (non-hydrogen) atoms. The number of hydrogen-bond donors (Lipinski definition) is 2. The highest BCUT2D eigenvalue weighted by atomic mass is 16.3. The van der Waals surface area contributed by atoms with Crippen molar-refractivity contribution in [2.45, 2.75) is 12.8 Å². The maximum atomic E-state index is 13.0. The van der Waals surface area contributed by atoms with Crippen molar-refractivity contribution in [2.75, 3.05) is 13.1 Å². The van der Waals surface area contributed by atoms with E-state index in [4.69, 9.17) is 4.42 Å². The van der Waals surface area contributed by atoms with Crippen molar-refractivity contribution in [3.8, 4) is 5.69 Å². The maximum absolute atomic E-state index is 13.0. The van der Waals surface area contributed by atoms with Gasteiger partial charge in [0.15, 0.2) is 11.5 Å². The molecule has 2 N–H and O–H groups in total. The average Bonchev–Trinajstić information content (AvgIpc) is 3.47. The number of amides is 3. The number of rotatable bonds is 4. The van der Waals surface area contributed by atoms with Crippen LogP contribution in [0.3, 0.4) is 0 Å². The van der Waals surface area contributed by atoms with E-state index in [2.05, 4.69) is 16.0 Å². The van der Waals surface area contributed by atoms with Gasteiger partial charge >= 0.3 is 0 Å². The van der Waals surface area contributed by atoms with Gasteiger partial charge in [0.2, 0.25) is 5.91 Å². The zero-order valence-electron chi connectivity index (χ0n) is 19.2. The van der Waals surface area contributed by atoms with Crippen LogP contribution in [0.15, 0.2) is 82.2 Å². The third kappa shape index (κ3) is 4.48. The summed E-state index contributed by atoms with van der Waals surface area (Å²) in [6, 6.07) is 18.7. The fourth-order valence-corrected chi connectivity index (χ4v) is 4.28. The Balaban J connectivity index is 1.28. The summed E-state index contributed by atoms with van der Waals surface area (Å²) in [7, 11) is 0. The zero-order chi connectivity index (χ0) is 25.1. The number of carbonyl (C=O) groups excluding carboxylic acids is 3. The molecule has 2 aromatic heterocycles. The summed E-state index contributed by atoms with van der Waals surface area (Å²) in [5.74, 6) is -1.31. The SMILES string of the molecule is O=C(NNC(=O)C1CCN(C(=O)c2ccco2)CC1)c1nn(-c2ccccc2)c(=O)c2ccccc12. The molecule has 1 saturated heterocycles. The van der Waals surface area contributed by atoms with Crippen molar-refractivity contribution in [1.82, 2.24) is 25.5 Å². The van der Waals surface area contributed by atoms with E-state index >= 15 is 0 Å². The zero-order valence-corrected chi connectivity index (χ0v) is 19.2. The lowest BCUT2D eigenvalue weighted by Gasteiger charge is -2.30. The molecule has 1 aliphatic rings. The van der Waals surface area contributed by atoms with Gasteiger partial charge in [-0.3, -0.25) is 30.0 Å². The second-order valence-corrected chi connectivity index (χ2v) is 8.43. The van der Waals surface area contributed by atoms with E-state index in [0.29, 0.717) is 42.4 Å². The number of aromatic nitrogens is 2. The highest BCUT2D eigenvalue weighted by molar-refractivity contribution is 6.05. The molecule has 0 bridgehead atoms. The van der Waals surface area contributed by atoms with E-state index in [9.17, 15) is 19.2 Å². The van der Waals surface area contributed by atoms with E-state index in [1.165, 1.54) is 10.9 Å². The number of nitrogens with zero attached hydrogens (tertiary/aromatic N) is 3. The Kier molecular flexibility index (Phi) is 6.31. The highest BCUT2D eigenvalue weighted by Gasteiger charge is 2.29. The van der Waals surface area contributed by atoms with Gasteiger partial charge in [0.25, 0.3) is 17.4 Å². The standard InChI is InChI=1S/C26H23N5O5/c32-23(17-12-14-30(15-13-17)26(35)21-11-6-16-36-21)27-28-24(33)22-19-9-4-5-10-20(19)25(34)31(29-22)18-7-2-1-3-8-18/h1-11,16-17H,12-15H2,(H,27,32)(H,28,33). The molecule has 10 nitrogen and oxygen atoms in total. The first kappa shape index (κ1) is 23.0. The molecule has 0 atom stereocenters. The minimum atomic E-state index is -0.644. The summed E-state index contributed by atoms with van der Waals surface area (Å²) in [4.78, 5) is 52.8. The van der Waals surface area contributed by atoms with Crippen molar-refractivity contribution in [3.63, 3.8) is 0 Å². The second kappa shape index (κ2) is 9.87. The van der Waals surface area contributed by atoms with Crippen molar-refractivity contribution in [1.29, 1.82) is 0 Å². The summed E-state index contributed by atoms with van der Waals surface area (Å²) in [6.07, 6.45) is 2.35. The third-order valence-corrected chi connectivity index (χ3v) is 6.20. The fourth-order valence-electron chi connectivity index (χ4n) is 4.28. The Morgan fingerprint density at radius 2 is 1.56 bits per heavy atom. The molecule has 0 saturated carbocycles. The lowest BCUT2D eigenvalue weighted by atomic mass is 9.96. The number of hydrogen-bond acceptors (Lipinski definition) is 6. The number of para-hydroxylation sites is 1. The summed E-state index contributed by atoms with van der Waals surface area (Å²) >= 11 is 0. The molecule has 3 amide bonds. The largest absolute Gasteiger partial charge is 0.459 e. The van der Waals surface area contributed by atoms with E-state index in [0.717, 1.165) is 0 Å². The summed E-state index contributed by atoms with van der Waals surface area (Å²) in [5.41, 5.74) is 5.07. The van der Waals surface area contributed by atoms with E-state index in [1.807, 2.05) is 6.07 Å². The molecule has 3 heterocycles. The Morgan fingerprint density at radius 3 is 2.25 bits per heavy atom. The molecule has 0 unspecified atom stereocenters. The van der Waals surface area contributed by atoms with E-state index < -0.39 is 5.91 Å². The molecule has 5 rings (SSSR count). The smallest absolute Gasteiger partial charge is 0.290 e. The van der Waals surface area contributed by atoms with E-state index in [-0.39, 0.29) is 34.7 Å². The summed E-state index contributed by atoms with van der Waals surface area (Å²) in [6.45, 7) is 0.805. The average molecular weight is 486 g/mol. The lowest BCUT2D eigenvalue weighted by Crippen LogP contribution is -2.48. The third-order valence-electron chi connectivity index (χ3n) is 6.20. The van der Waals surface area contributed by atoms with Crippen LogP contribution in [0.25, 0.3) is 16.5 Å². The van der Waals surface area contributed by atoms with Crippen molar-refractivity contribution < 1.29 is 18.8 Å². The predicted octanol–water partition coefficient (Wildman–Crippen LogP) is 2.29. The number of likely N-dealkylation sites (tertiary alicyclic amines) is 1. The van der Waals surface area contributed by atoms with Crippen LogP contribution in [-0.2, 0) is 4.79 Å². The van der Waals surface area contributed by atoms with Crippen LogP contribution >= 0.6 is 0 Å². The van der Waals surface area contributed by atoms with E-state index in [1.54, 1.807) is 65.6 Å². The number of nitrogens with one attached hydrogen (secondary N) is 2. The monoisotopic (exact) mass is 485 g/mol. The molecule has 1 aliphatic heterocycles. The van der Waals surface area contributed by atoms with Gasteiger partial charge in [-0.1, -0.05) is 36.4 Å². The van der Waals surface area contributed by atoms with Crippen molar-refractivity contribution in [2.24, 2.45) is 5.92 Å². The maximum Gasteiger partial charge on any atom is 0.290 e. The number of fused-ring (bicyclic) bond motifs is 1. The van der Waals surface area contributed by atoms with Crippen LogP contribution in [0.5, 0.6) is 0 Å². The van der Waals surface area contributed by atoms with Gasteiger partial charge in [-0.2, -0.15) is 9.78 Å². The van der Waals surface area contributed by atoms with Gasteiger partial charge in [-0.15, -0.1) is 0 Å². The normalized spacial score (nSPS) is 13.9. The minimum absolute atomic E-state index is 0.00761. The van der Waals surface area contributed by atoms with Gasteiger partial charge in [0, 0.05) is 24.4 Å². The first-order valence-corrected chi connectivity index (χ1v) is 11.5. The second-order valence-electron chi connectivity index (χ2n) is 8.43. The molecule has 2 aromatic carbocycles. The number of carbonyl (C=O) groups is 3. The lowest BCUT2D eigenvalue weighted by molar-refractivity contribution is -0.127. The predicted molar refractivity (Wildman–Crippen MR) is 130 cm³/mol. The van der Waals surface area contributed by atoms with Crippen LogP contribution in [0.1, 0.15) is 33.9 Å². The molecule has 0 aliphatic carbocycles. The van der Waals surface area contributed by atoms with Gasteiger partial charge in [0.05, 0.1) is 17.3 Å². The molecule has 4 aromatic rings. The summed E-state index contributed by atoms with van der Waals surface area (Å²) < 4.78 is 6.33. The molecule has 182 valence electrons. The Labute approximate surface area is 205 Å². The molecular weight excluding hydrogens is 462 g/mol. The summed E-state index contributed by atoms with van der Waals surface area (Å²) in [5, 5.41) is 5.02. The first-order valence-electron chi connectivity index (χ1n) is 11.5. The Bertz CT molecular complexity index is 1470. The quantitative estimate of drug-likeness (QED) is 0.427. The van der Waals surface area contributed by atoms with Crippen molar-refractivity contribution >= 4 is 28.5 Å². The topological polar surface area (TPSA) is 127 Å². The van der Waals surface area contributed by atoms with Crippen LogP contribution in [-0.4, -0.2) is 45.5 Å². The van der Waals surface area contributed by atoms with Gasteiger partial charge < -0.3 is 9.32 Å². The van der Waals surface area contributed by atoms with Crippen LogP contribution in [0.2, 0.25) is 0 Å². The van der Waals surface area contributed by atoms with Gasteiger partial charge in [0.1, 0.15) is 0 Å². The number of hydrazine groups is 1. The molecule has 0 spiro atoms.